The van der Waals surface area contributed by atoms with Crippen LogP contribution in [0.1, 0.15) is 24.0 Å². The Balaban J connectivity index is 1.84. The molecule has 88 valence electrons. The van der Waals surface area contributed by atoms with Gasteiger partial charge in [0, 0.05) is 6.54 Å². The van der Waals surface area contributed by atoms with Gasteiger partial charge in [-0.15, -0.1) is 0 Å². The van der Waals surface area contributed by atoms with Gasteiger partial charge in [-0.2, -0.15) is 5.26 Å². The van der Waals surface area contributed by atoms with Crippen LogP contribution in [-0.4, -0.2) is 18.5 Å². The SMILES string of the molecule is N#Cc1ccc(CNC(=O)[C@H]2CCCN2)cc1. The molecule has 2 N–H and O–H groups in total. The highest BCUT2D eigenvalue weighted by Crippen LogP contribution is 2.06. The van der Waals surface area contributed by atoms with Gasteiger partial charge in [-0.1, -0.05) is 12.1 Å². The molecule has 17 heavy (non-hydrogen) atoms. The van der Waals surface area contributed by atoms with Gasteiger partial charge < -0.3 is 10.6 Å². The average molecular weight is 229 g/mol. The maximum atomic E-state index is 11.7. The van der Waals surface area contributed by atoms with Crippen LogP contribution in [-0.2, 0) is 11.3 Å². The fraction of sp³-hybridized carbons (Fsp3) is 0.385. The van der Waals surface area contributed by atoms with E-state index >= 15 is 0 Å². The molecule has 4 heteroatoms. The van der Waals surface area contributed by atoms with Crippen molar-refractivity contribution in [1.29, 1.82) is 5.26 Å². The maximum absolute atomic E-state index is 11.7. The van der Waals surface area contributed by atoms with E-state index in [9.17, 15) is 4.79 Å². The topological polar surface area (TPSA) is 64.9 Å². The van der Waals surface area contributed by atoms with E-state index in [2.05, 4.69) is 16.7 Å². The van der Waals surface area contributed by atoms with Crippen molar-refractivity contribution in [2.24, 2.45) is 0 Å². The summed E-state index contributed by atoms with van der Waals surface area (Å²) < 4.78 is 0. The van der Waals surface area contributed by atoms with Gasteiger partial charge in [0.2, 0.25) is 5.91 Å². The molecule has 0 bridgehead atoms. The highest BCUT2D eigenvalue weighted by Gasteiger charge is 2.21. The molecule has 0 radical (unpaired) electrons. The number of nitriles is 1. The van der Waals surface area contributed by atoms with Crippen molar-refractivity contribution in [1.82, 2.24) is 10.6 Å². The van der Waals surface area contributed by atoms with E-state index in [1.807, 2.05) is 12.1 Å². The molecule has 0 aromatic heterocycles. The standard InChI is InChI=1S/C13H15N3O/c14-8-10-3-5-11(6-4-10)9-16-13(17)12-2-1-7-15-12/h3-6,12,15H,1-2,7,9H2,(H,16,17)/t12-/m1/s1. The first kappa shape index (κ1) is 11.6. The summed E-state index contributed by atoms with van der Waals surface area (Å²) in [5.74, 6) is 0.0619. The predicted molar refractivity (Wildman–Crippen MR) is 64.0 cm³/mol. The van der Waals surface area contributed by atoms with Gasteiger partial charge in [0.25, 0.3) is 0 Å². The quantitative estimate of drug-likeness (QED) is 0.810. The van der Waals surface area contributed by atoms with Crippen molar-refractivity contribution in [3.05, 3.63) is 35.4 Å². The Bertz CT molecular complexity index is 427. The van der Waals surface area contributed by atoms with Crippen molar-refractivity contribution in [3.63, 3.8) is 0 Å². The second kappa shape index (κ2) is 5.46. The molecule has 1 heterocycles. The Labute approximate surface area is 101 Å². The van der Waals surface area contributed by atoms with Crippen LogP contribution in [0.25, 0.3) is 0 Å². The maximum Gasteiger partial charge on any atom is 0.237 e. The summed E-state index contributed by atoms with van der Waals surface area (Å²) in [6.45, 7) is 1.44. The minimum Gasteiger partial charge on any atom is -0.351 e. The van der Waals surface area contributed by atoms with Crippen LogP contribution in [0.2, 0.25) is 0 Å². The lowest BCUT2D eigenvalue weighted by atomic mass is 10.1. The molecule has 0 spiro atoms. The summed E-state index contributed by atoms with van der Waals surface area (Å²) >= 11 is 0. The normalized spacial score (nSPS) is 18.6. The Morgan fingerprint density at radius 1 is 1.47 bits per heavy atom. The van der Waals surface area contributed by atoms with Crippen LogP contribution in [0.5, 0.6) is 0 Å². The lowest BCUT2D eigenvalue weighted by molar-refractivity contribution is -0.122. The van der Waals surface area contributed by atoms with E-state index in [-0.39, 0.29) is 11.9 Å². The molecule has 1 aromatic rings. The van der Waals surface area contributed by atoms with Crippen LogP contribution in [0.4, 0.5) is 0 Å². The van der Waals surface area contributed by atoms with Crippen molar-refractivity contribution >= 4 is 5.91 Å². The van der Waals surface area contributed by atoms with Gasteiger partial charge >= 0.3 is 0 Å². The summed E-state index contributed by atoms with van der Waals surface area (Å²) in [5.41, 5.74) is 1.65. The number of nitrogens with zero attached hydrogens (tertiary/aromatic N) is 1. The molecule has 4 nitrogen and oxygen atoms in total. The van der Waals surface area contributed by atoms with Crippen molar-refractivity contribution in [2.75, 3.05) is 6.54 Å². The van der Waals surface area contributed by atoms with E-state index in [1.54, 1.807) is 12.1 Å². The molecule has 1 aliphatic rings. The number of carbonyl (C=O) groups excluding carboxylic acids is 1. The van der Waals surface area contributed by atoms with Crippen LogP contribution in [0.15, 0.2) is 24.3 Å². The van der Waals surface area contributed by atoms with E-state index in [0.717, 1.165) is 24.9 Å². The van der Waals surface area contributed by atoms with Gasteiger partial charge in [-0.05, 0) is 37.1 Å². The second-order valence-electron chi connectivity index (χ2n) is 4.18. The number of amides is 1. The lowest BCUT2D eigenvalue weighted by Gasteiger charge is -2.10. The number of benzene rings is 1. The molecular weight excluding hydrogens is 214 g/mol. The molecule has 1 atom stereocenters. The van der Waals surface area contributed by atoms with Crippen LogP contribution >= 0.6 is 0 Å². The Hall–Kier alpha value is -1.86. The van der Waals surface area contributed by atoms with Crippen LogP contribution < -0.4 is 10.6 Å². The zero-order valence-corrected chi connectivity index (χ0v) is 9.57. The van der Waals surface area contributed by atoms with Crippen LogP contribution in [0, 0.1) is 11.3 Å². The number of nitrogens with one attached hydrogen (secondary N) is 2. The lowest BCUT2D eigenvalue weighted by Crippen LogP contribution is -2.39. The highest BCUT2D eigenvalue weighted by molar-refractivity contribution is 5.81. The first-order valence-corrected chi connectivity index (χ1v) is 5.80. The molecular formula is C13H15N3O. The third-order valence-electron chi connectivity index (χ3n) is 2.93. The third-order valence-corrected chi connectivity index (χ3v) is 2.93. The number of hydrogen-bond acceptors (Lipinski definition) is 3. The van der Waals surface area contributed by atoms with E-state index < -0.39 is 0 Å². The van der Waals surface area contributed by atoms with Gasteiger partial charge in [-0.25, -0.2) is 0 Å². The summed E-state index contributed by atoms with van der Waals surface area (Å²) in [6.07, 6.45) is 1.98. The zero-order chi connectivity index (χ0) is 12.1. The largest absolute Gasteiger partial charge is 0.351 e. The third kappa shape index (κ3) is 3.05. The summed E-state index contributed by atoms with van der Waals surface area (Å²) in [6, 6.07) is 9.28. The molecule has 1 saturated heterocycles. The van der Waals surface area contributed by atoms with Gasteiger partial charge in [0.05, 0.1) is 17.7 Å². The summed E-state index contributed by atoms with van der Waals surface area (Å²) in [4.78, 5) is 11.7. The van der Waals surface area contributed by atoms with Gasteiger partial charge in [-0.3, -0.25) is 4.79 Å². The minimum absolute atomic E-state index is 0.0339. The Morgan fingerprint density at radius 3 is 2.82 bits per heavy atom. The Morgan fingerprint density at radius 2 is 2.24 bits per heavy atom. The highest BCUT2D eigenvalue weighted by atomic mass is 16.2. The summed E-state index contributed by atoms with van der Waals surface area (Å²) in [7, 11) is 0. The molecule has 0 aliphatic carbocycles. The second-order valence-corrected chi connectivity index (χ2v) is 4.18. The molecule has 1 fully saturated rings. The van der Waals surface area contributed by atoms with Crippen molar-refractivity contribution < 1.29 is 4.79 Å². The number of rotatable bonds is 3. The van der Waals surface area contributed by atoms with Crippen LogP contribution in [0.3, 0.4) is 0 Å². The zero-order valence-electron chi connectivity index (χ0n) is 9.57. The average Bonchev–Trinajstić information content (AvgIpc) is 2.90. The molecule has 1 aliphatic heterocycles. The minimum atomic E-state index is -0.0339. The fourth-order valence-corrected chi connectivity index (χ4v) is 1.92. The molecule has 0 unspecified atom stereocenters. The number of hydrogen-bond donors (Lipinski definition) is 2. The van der Waals surface area contributed by atoms with Crippen molar-refractivity contribution in [3.8, 4) is 6.07 Å². The molecule has 1 amide bonds. The van der Waals surface area contributed by atoms with E-state index in [0.29, 0.717) is 12.1 Å². The van der Waals surface area contributed by atoms with E-state index in [1.165, 1.54) is 0 Å². The van der Waals surface area contributed by atoms with E-state index in [4.69, 9.17) is 5.26 Å². The molecule has 2 rings (SSSR count). The predicted octanol–water partition coefficient (Wildman–Crippen LogP) is 0.926. The first-order valence-electron chi connectivity index (χ1n) is 5.80. The number of carbonyl (C=O) groups is 1. The monoisotopic (exact) mass is 229 g/mol. The molecule has 0 saturated carbocycles. The summed E-state index contributed by atoms with van der Waals surface area (Å²) in [5, 5.41) is 14.7. The smallest absolute Gasteiger partial charge is 0.237 e. The molecule has 1 aromatic carbocycles. The Kier molecular flexibility index (Phi) is 3.73. The van der Waals surface area contributed by atoms with Gasteiger partial charge in [0.1, 0.15) is 0 Å². The fourth-order valence-electron chi connectivity index (χ4n) is 1.92. The van der Waals surface area contributed by atoms with Crippen molar-refractivity contribution in [2.45, 2.75) is 25.4 Å². The van der Waals surface area contributed by atoms with Gasteiger partial charge in [0.15, 0.2) is 0 Å². The first-order chi connectivity index (χ1) is 8.29.